The van der Waals surface area contributed by atoms with Crippen molar-refractivity contribution in [2.75, 3.05) is 9.80 Å². The number of benzene rings is 8. The highest BCUT2D eigenvalue weighted by Gasteiger charge is 2.41. The van der Waals surface area contributed by atoms with Gasteiger partial charge in [-0.05, 0) is 111 Å². The van der Waals surface area contributed by atoms with Gasteiger partial charge in [0.2, 0.25) is 0 Å². The highest BCUT2D eigenvalue weighted by molar-refractivity contribution is 5.94. The average Bonchev–Trinajstić information content (AvgIpc) is 3.23. The van der Waals surface area contributed by atoms with E-state index in [-0.39, 0.29) is 5.41 Å². The van der Waals surface area contributed by atoms with Gasteiger partial charge >= 0.3 is 0 Å². The first kappa shape index (κ1) is 31.9. The van der Waals surface area contributed by atoms with Gasteiger partial charge in [0.1, 0.15) is 0 Å². The van der Waals surface area contributed by atoms with Crippen LogP contribution in [0.15, 0.2) is 194 Å². The predicted octanol–water partition coefficient (Wildman–Crippen LogP) is 14.4. The average molecular weight is 695 g/mol. The van der Waals surface area contributed by atoms with Crippen molar-refractivity contribution in [2.24, 2.45) is 0 Å². The van der Waals surface area contributed by atoms with Crippen LogP contribution in [0, 0.1) is 0 Å². The van der Waals surface area contributed by atoms with Crippen LogP contribution in [0.4, 0.5) is 34.1 Å². The van der Waals surface area contributed by atoms with Crippen LogP contribution in [0.3, 0.4) is 0 Å². The second-order valence-electron chi connectivity index (χ2n) is 14.6. The van der Waals surface area contributed by atoms with Crippen LogP contribution >= 0.6 is 0 Å². The number of hydrogen-bond acceptors (Lipinski definition) is 3. The van der Waals surface area contributed by atoms with E-state index < -0.39 is 0 Å². The Morgan fingerprint density at radius 1 is 0.389 bits per heavy atom. The van der Waals surface area contributed by atoms with Gasteiger partial charge in [0.05, 0.1) is 17.1 Å². The zero-order valence-electron chi connectivity index (χ0n) is 30.3. The van der Waals surface area contributed by atoms with Crippen molar-refractivity contribution < 1.29 is 4.74 Å². The van der Waals surface area contributed by atoms with Crippen LogP contribution in [0.25, 0.3) is 33.4 Å². The Balaban J connectivity index is 1.04. The minimum Gasteiger partial charge on any atom is -0.453 e. The SMILES string of the molecule is CC1(C)c2ccc(-c3cccc(-c4cccc(N(c5ccccc5)c5ccc(-c6ccccc6)cc5)c4)c3)cc2N2c3ccccc3Oc3cccc1c32. The number of para-hydroxylation sites is 4. The van der Waals surface area contributed by atoms with Crippen LogP contribution < -0.4 is 14.5 Å². The molecule has 3 heteroatoms. The molecule has 2 aliphatic heterocycles. The molecule has 0 saturated heterocycles. The topological polar surface area (TPSA) is 15.7 Å². The molecule has 0 fully saturated rings. The fraction of sp³-hybridized carbons (Fsp3) is 0.0588. The molecule has 0 amide bonds. The van der Waals surface area contributed by atoms with E-state index in [2.05, 4.69) is 212 Å². The maximum atomic E-state index is 6.47. The van der Waals surface area contributed by atoms with Crippen LogP contribution in [0.1, 0.15) is 25.0 Å². The van der Waals surface area contributed by atoms with Crippen LogP contribution in [-0.4, -0.2) is 0 Å². The van der Waals surface area contributed by atoms with Gasteiger partial charge in [0.25, 0.3) is 0 Å². The molecule has 0 unspecified atom stereocenters. The Morgan fingerprint density at radius 3 is 1.70 bits per heavy atom. The van der Waals surface area contributed by atoms with E-state index in [0.29, 0.717) is 0 Å². The number of hydrogen-bond donors (Lipinski definition) is 0. The number of anilines is 6. The smallest absolute Gasteiger partial charge is 0.151 e. The lowest BCUT2D eigenvalue weighted by atomic mass is 9.72. The van der Waals surface area contributed by atoms with Gasteiger partial charge in [-0.3, -0.25) is 0 Å². The fourth-order valence-electron chi connectivity index (χ4n) is 8.29. The largest absolute Gasteiger partial charge is 0.453 e. The number of nitrogens with zero attached hydrogens (tertiary/aromatic N) is 2. The second kappa shape index (κ2) is 12.7. The maximum absolute atomic E-state index is 6.47. The van der Waals surface area contributed by atoms with E-state index >= 15 is 0 Å². The summed E-state index contributed by atoms with van der Waals surface area (Å²) in [5.74, 6) is 1.77. The molecule has 2 aliphatic rings. The normalized spacial score (nSPS) is 13.3. The Kier molecular flexibility index (Phi) is 7.48. The Bertz CT molecular complexity index is 2660. The number of fused-ring (bicyclic) bond motifs is 4. The molecular formula is C51H38N2O. The molecule has 2 heterocycles. The summed E-state index contributed by atoms with van der Waals surface area (Å²) in [6.07, 6.45) is 0. The van der Waals surface area contributed by atoms with Crippen LogP contribution in [0.5, 0.6) is 11.5 Å². The molecule has 0 spiro atoms. The molecule has 3 nitrogen and oxygen atoms in total. The van der Waals surface area contributed by atoms with Gasteiger partial charge in [-0.15, -0.1) is 0 Å². The molecule has 0 aliphatic carbocycles. The van der Waals surface area contributed by atoms with Gasteiger partial charge in [-0.1, -0.05) is 141 Å². The molecule has 0 atom stereocenters. The molecule has 0 aromatic heterocycles. The van der Waals surface area contributed by atoms with Gasteiger partial charge < -0.3 is 14.5 Å². The Labute approximate surface area is 317 Å². The van der Waals surface area contributed by atoms with Gasteiger partial charge in [-0.25, -0.2) is 0 Å². The molecule has 0 radical (unpaired) electrons. The van der Waals surface area contributed by atoms with E-state index in [0.717, 1.165) is 45.5 Å². The zero-order chi connectivity index (χ0) is 36.2. The van der Waals surface area contributed by atoms with Crippen molar-refractivity contribution in [1.29, 1.82) is 0 Å². The van der Waals surface area contributed by atoms with Crippen LogP contribution in [-0.2, 0) is 5.41 Å². The predicted molar refractivity (Wildman–Crippen MR) is 224 cm³/mol. The molecule has 8 aromatic rings. The summed E-state index contributed by atoms with van der Waals surface area (Å²) in [5, 5.41) is 0. The van der Waals surface area contributed by atoms with E-state index in [4.69, 9.17) is 4.74 Å². The van der Waals surface area contributed by atoms with Crippen LogP contribution in [0.2, 0.25) is 0 Å². The molecule has 8 aromatic carbocycles. The molecular weight excluding hydrogens is 657 g/mol. The first-order chi connectivity index (χ1) is 26.5. The number of rotatable bonds is 6. The van der Waals surface area contributed by atoms with Gasteiger partial charge in [0.15, 0.2) is 11.5 Å². The lowest BCUT2D eigenvalue weighted by Crippen LogP contribution is -2.32. The third kappa shape index (κ3) is 5.28. The summed E-state index contributed by atoms with van der Waals surface area (Å²) in [6, 6.07) is 69.6. The van der Waals surface area contributed by atoms with Crippen molar-refractivity contribution in [3.05, 3.63) is 205 Å². The molecule has 0 N–H and O–H groups in total. The lowest BCUT2D eigenvalue weighted by Gasteiger charge is -2.45. The molecule has 0 bridgehead atoms. The third-order valence-electron chi connectivity index (χ3n) is 11.0. The minimum absolute atomic E-state index is 0.194. The van der Waals surface area contributed by atoms with Crippen molar-refractivity contribution in [3.63, 3.8) is 0 Å². The maximum Gasteiger partial charge on any atom is 0.151 e. The molecule has 0 saturated carbocycles. The third-order valence-corrected chi connectivity index (χ3v) is 11.0. The fourth-order valence-corrected chi connectivity index (χ4v) is 8.29. The van der Waals surface area contributed by atoms with Crippen molar-refractivity contribution >= 4 is 34.1 Å². The van der Waals surface area contributed by atoms with Crippen molar-refractivity contribution in [3.8, 4) is 44.9 Å². The standard InChI is InChI=1S/C51H38N2O/c1-51(2)44-31-28-40(34-47(44)53-46-23-9-10-24-48(46)54-49-25-13-22-45(51)50(49)53)38-17-11-16-37(32-38)39-18-12-21-43(33-39)52(41-19-7-4-8-20-41)42-29-26-36(27-30-42)35-14-5-3-6-15-35/h3-34H,1-2H3. The zero-order valence-corrected chi connectivity index (χ0v) is 30.3. The van der Waals surface area contributed by atoms with Gasteiger partial charge in [0, 0.05) is 22.5 Å². The van der Waals surface area contributed by atoms with Crippen molar-refractivity contribution in [2.45, 2.75) is 19.3 Å². The highest BCUT2D eigenvalue weighted by Crippen LogP contribution is 2.60. The van der Waals surface area contributed by atoms with E-state index in [1.165, 1.54) is 44.6 Å². The Hall–Kier alpha value is -6.84. The first-order valence-corrected chi connectivity index (χ1v) is 18.6. The first-order valence-electron chi connectivity index (χ1n) is 18.6. The van der Waals surface area contributed by atoms with Gasteiger partial charge in [-0.2, -0.15) is 0 Å². The quantitative estimate of drug-likeness (QED) is 0.172. The lowest BCUT2D eigenvalue weighted by molar-refractivity contribution is 0.471. The summed E-state index contributed by atoms with van der Waals surface area (Å²) in [6.45, 7) is 4.64. The summed E-state index contributed by atoms with van der Waals surface area (Å²) >= 11 is 0. The highest BCUT2D eigenvalue weighted by atomic mass is 16.5. The summed E-state index contributed by atoms with van der Waals surface area (Å²) in [4.78, 5) is 4.74. The second-order valence-corrected chi connectivity index (χ2v) is 14.6. The Morgan fingerprint density at radius 2 is 0.926 bits per heavy atom. The number of ether oxygens (including phenoxy) is 1. The van der Waals surface area contributed by atoms with E-state index in [1.807, 2.05) is 6.07 Å². The molecule has 258 valence electrons. The minimum atomic E-state index is -0.194. The molecule has 54 heavy (non-hydrogen) atoms. The monoisotopic (exact) mass is 694 g/mol. The van der Waals surface area contributed by atoms with Crippen molar-refractivity contribution in [1.82, 2.24) is 0 Å². The van der Waals surface area contributed by atoms with E-state index in [9.17, 15) is 0 Å². The molecule has 10 rings (SSSR count). The summed E-state index contributed by atoms with van der Waals surface area (Å²) in [5.41, 5.74) is 16.2. The summed E-state index contributed by atoms with van der Waals surface area (Å²) < 4.78 is 6.47. The van der Waals surface area contributed by atoms with E-state index in [1.54, 1.807) is 0 Å². The summed E-state index contributed by atoms with van der Waals surface area (Å²) in [7, 11) is 0.